The molecule has 0 aliphatic carbocycles. The maximum atomic E-state index is 15.3. The lowest BCUT2D eigenvalue weighted by atomic mass is 9.92. The van der Waals surface area contributed by atoms with Crippen LogP contribution < -0.4 is 0 Å². The summed E-state index contributed by atoms with van der Waals surface area (Å²) in [7, 11) is 0. The van der Waals surface area contributed by atoms with Crippen molar-refractivity contribution in [3.8, 4) is 67.5 Å². The van der Waals surface area contributed by atoms with Crippen LogP contribution in [0.2, 0.25) is 0 Å². The van der Waals surface area contributed by atoms with Gasteiger partial charge < -0.3 is 9.13 Å². The highest BCUT2D eigenvalue weighted by atomic mass is 19.4. The SMILES string of the molecule is [C-]#[N+]c1c(-n2c3ccccc3c3cc(-c4cccc(-c5ccccc5)n4)ccc32)ccc(-c2c(C)cccc2C(F)(F)F)c1-n1c2ccccc2c2cc(-c3cccc(-c4ccccc4)n3)ccc21. The number of fused-ring (bicyclic) bond motifs is 6. The van der Waals surface area contributed by atoms with Gasteiger partial charge in [0.05, 0.1) is 68.4 Å². The van der Waals surface area contributed by atoms with Crippen molar-refractivity contribution in [1.29, 1.82) is 0 Å². The van der Waals surface area contributed by atoms with Crippen LogP contribution in [-0.4, -0.2) is 19.1 Å². The van der Waals surface area contributed by atoms with E-state index in [0.717, 1.165) is 94.7 Å². The molecule has 69 heavy (non-hydrogen) atoms. The van der Waals surface area contributed by atoms with Gasteiger partial charge >= 0.3 is 6.18 Å². The molecule has 0 saturated heterocycles. The van der Waals surface area contributed by atoms with Crippen molar-refractivity contribution in [2.24, 2.45) is 0 Å². The lowest BCUT2D eigenvalue weighted by Gasteiger charge is -2.23. The maximum Gasteiger partial charge on any atom is 0.417 e. The molecule has 4 aromatic heterocycles. The average molecular weight is 898 g/mol. The van der Waals surface area contributed by atoms with Crippen molar-refractivity contribution >= 4 is 49.3 Å². The first-order valence-corrected chi connectivity index (χ1v) is 22.6. The van der Waals surface area contributed by atoms with Gasteiger partial charge in [-0.1, -0.05) is 140 Å². The molecule has 0 aliphatic rings. The molecule has 12 rings (SSSR count). The number of alkyl halides is 3. The highest BCUT2D eigenvalue weighted by molar-refractivity contribution is 6.14. The molecule has 0 spiro atoms. The van der Waals surface area contributed by atoms with Crippen molar-refractivity contribution in [1.82, 2.24) is 19.1 Å². The van der Waals surface area contributed by atoms with Gasteiger partial charge in [0, 0.05) is 43.8 Å². The van der Waals surface area contributed by atoms with Gasteiger partial charge in [-0.2, -0.15) is 13.2 Å². The maximum absolute atomic E-state index is 15.3. The Labute approximate surface area is 395 Å². The minimum Gasteiger partial charge on any atom is -0.319 e. The second-order valence-electron chi connectivity index (χ2n) is 17.2. The van der Waals surface area contributed by atoms with Gasteiger partial charge in [-0.05, 0) is 96.4 Å². The summed E-state index contributed by atoms with van der Waals surface area (Å²) in [6, 6.07) is 68.1. The van der Waals surface area contributed by atoms with Crippen molar-refractivity contribution in [3.63, 3.8) is 0 Å². The van der Waals surface area contributed by atoms with Crippen LogP contribution in [0.1, 0.15) is 11.1 Å². The molecule has 0 aliphatic heterocycles. The molecule has 12 aromatic rings. The van der Waals surface area contributed by atoms with Gasteiger partial charge in [0.2, 0.25) is 5.69 Å². The van der Waals surface area contributed by atoms with E-state index in [0.29, 0.717) is 22.5 Å². The Bertz CT molecular complexity index is 4030. The van der Waals surface area contributed by atoms with E-state index in [1.807, 2.05) is 162 Å². The summed E-state index contributed by atoms with van der Waals surface area (Å²) in [5.74, 6) is 0. The van der Waals surface area contributed by atoms with Crippen LogP contribution in [0.5, 0.6) is 0 Å². The Morgan fingerprint density at radius 2 is 0.899 bits per heavy atom. The fourth-order valence-corrected chi connectivity index (χ4v) is 10.0. The predicted octanol–water partition coefficient (Wildman–Crippen LogP) is 16.9. The molecular weight excluding hydrogens is 860 g/mol. The number of halogens is 3. The van der Waals surface area contributed by atoms with Crippen LogP contribution >= 0.6 is 0 Å². The predicted molar refractivity (Wildman–Crippen MR) is 274 cm³/mol. The summed E-state index contributed by atoms with van der Waals surface area (Å²) >= 11 is 0. The van der Waals surface area contributed by atoms with Gasteiger partial charge in [0.1, 0.15) is 0 Å². The lowest BCUT2D eigenvalue weighted by Crippen LogP contribution is -2.10. The van der Waals surface area contributed by atoms with Gasteiger partial charge in [-0.25, -0.2) is 14.8 Å². The number of aryl methyl sites for hydroxylation is 1. The lowest BCUT2D eigenvalue weighted by molar-refractivity contribution is -0.137. The first-order valence-electron chi connectivity index (χ1n) is 22.6. The number of para-hydroxylation sites is 2. The topological polar surface area (TPSA) is 40.0 Å². The molecule has 0 bridgehead atoms. The number of pyridine rings is 2. The number of rotatable bonds is 7. The van der Waals surface area contributed by atoms with E-state index in [1.54, 1.807) is 25.1 Å². The number of hydrogen-bond donors (Lipinski definition) is 0. The van der Waals surface area contributed by atoms with Gasteiger partial charge in [-0.15, -0.1) is 0 Å². The van der Waals surface area contributed by atoms with Crippen LogP contribution in [0.25, 0.3) is 116 Å². The minimum absolute atomic E-state index is 0.0259. The largest absolute Gasteiger partial charge is 0.417 e. The van der Waals surface area contributed by atoms with E-state index in [1.165, 1.54) is 6.07 Å². The van der Waals surface area contributed by atoms with E-state index in [-0.39, 0.29) is 11.3 Å². The monoisotopic (exact) mass is 897 g/mol. The van der Waals surface area contributed by atoms with Crippen LogP contribution in [0, 0.1) is 13.5 Å². The van der Waals surface area contributed by atoms with E-state index in [9.17, 15) is 0 Å². The Balaban J connectivity index is 1.12. The zero-order valence-corrected chi connectivity index (χ0v) is 37.1. The van der Waals surface area contributed by atoms with E-state index in [4.69, 9.17) is 16.5 Å². The Hall–Kier alpha value is -9.06. The quantitative estimate of drug-likeness (QED) is 0.150. The molecule has 8 heteroatoms. The second kappa shape index (κ2) is 16.4. The molecule has 328 valence electrons. The van der Waals surface area contributed by atoms with Crippen molar-refractivity contribution < 1.29 is 13.2 Å². The molecule has 5 nitrogen and oxygen atoms in total. The van der Waals surface area contributed by atoms with Crippen molar-refractivity contribution in [2.45, 2.75) is 13.1 Å². The highest BCUT2D eigenvalue weighted by Gasteiger charge is 2.36. The first kappa shape index (κ1) is 41.4. The van der Waals surface area contributed by atoms with E-state index < -0.39 is 11.7 Å². The number of nitrogens with zero attached hydrogens (tertiary/aromatic N) is 5. The number of benzene rings is 8. The summed E-state index contributed by atoms with van der Waals surface area (Å²) in [5.41, 5.74) is 11.4. The number of aromatic nitrogens is 4. The fraction of sp³-hybridized carbons (Fsp3) is 0.0328. The summed E-state index contributed by atoms with van der Waals surface area (Å²) < 4.78 is 49.8. The van der Waals surface area contributed by atoms with Gasteiger partial charge in [0.25, 0.3) is 0 Å². The molecule has 0 radical (unpaired) electrons. The van der Waals surface area contributed by atoms with Crippen LogP contribution in [0.15, 0.2) is 212 Å². The molecular formula is C61H38F3N5. The summed E-state index contributed by atoms with van der Waals surface area (Å²) in [5, 5.41) is 3.67. The Kier molecular flexibility index (Phi) is 9.82. The Morgan fingerprint density at radius 3 is 1.43 bits per heavy atom. The molecule has 0 N–H and O–H groups in total. The third-order valence-electron chi connectivity index (χ3n) is 13.1. The van der Waals surface area contributed by atoms with Gasteiger partial charge in [0.15, 0.2) is 0 Å². The van der Waals surface area contributed by atoms with Crippen LogP contribution in [0.4, 0.5) is 18.9 Å². The molecule has 0 amide bonds. The molecule has 0 atom stereocenters. The third kappa shape index (κ3) is 6.94. The normalized spacial score (nSPS) is 11.8. The highest BCUT2D eigenvalue weighted by Crippen LogP contribution is 2.49. The molecule has 0 fully saturated rings. The zero-order chi connectivity index (χ0) is 46.8. The minimum atomic E-state index is -4.67. The summed E-state index contributed by atoms with van der Waals surface area (Å²) in [6.45, 7) is 10.8. The first-order chi connectivity index (χ1) is 33.7. The molecule has 0 unspecified atom stereocenters. The van der Waals surface area contributed by atoms with Gasteiger partial charge in [-0.3, -0.25) is 0 Å². The van der Waals surface area contributed by atoms with Crippen molar-refractivity contribution in [3.05, 3.63) is 235 Å². The second-order valence-corrected chi connectivity index (χ2v) is 17.2. The average Bonchev–Trinajstić information content (AvgIpc) is 3.90. The molecule has 8 aromatic carbocycles. The summed E-state index contributed by atoms with van der Waals surface area (Å²) in [6.07, 6.45) is -4.67. The smallest absolute Gasteiger partial charge is 0.319 e. The number of hydrogen-bond acceptors (Lipinski definition) is 2. The molecule has 4 heterocycles. The van der Waals surface area contributed by atoms with Crippen molar-refractivity contribution in [2.75, 3.05) is 0 Å². The molecule has 0 saturated carbocycles. The standard InChI is InChI=1S/C61H38F3N5/c1-38-16-13-23-48(61(62,63)64)58(38)45-32-35-57(68-53-28-11-9-21-43(53)46-36-41(30-33-55(46)68)51-26-14-24-49(66-51)39-17-5-3-6-18-39)59(65-2)60(45)69-54-29-12-10-22-44(54)47-37-42(31-34-56(47)69)52-27-15-25-50(67-52)40-19-7-4-8-20-40/h3-37H,1H3. The third-order valence-corrected chi connectivity index (χ3v) is 13.1. The fourth-order valence-electron chi connectivity index (χ4n) is 10.0. The van der Waals surface area contributed by atoms with Crippen LogP contribution in [-0.2, 0) is 6.18 Å². The van der Waals surface area contributed by atoms with Crippen LogP contribution in [0.3, 0.4) is 0 Å². The zero-order valence-electron chi connectivity index (χ0n) is 37.1. The van der Waals surface area contributed by atoms with E-state index >= 15 is 13.2 Å². The summed E-state index contributed by atoms with van der Waals surface area (Å²) in [4.78, 5) is 14.4. The Morgan fingerprint density at radius 1 is 0.435 bits per heavy atom. The van der Waals surface area contributed by atoms with E-state index in [2.05, 4.69) is 33.7 Å².